The van der Waals surface area contributed by atoms with Crippen LogP contribution < -0.4 is 20.6 Å². The maximum atomic E-state index is 13.0. The van der Waals surface area contributed by atoms with Crippen molar-refractivity contribution in [1.82, 2.24) is 14.6 Å². The third-order valence-electron chi connectivity index (χ3n) is 6.38. The first-order valence-electron chi connectivity index (χ1n) is 11.5. The predicted molar refractivity (Wildman–Crippen MR) is 130 cm³/mol. The van der Waals surface area contributed by atoms with Crippen LogP contribution in [0.15, 0.2) is 46.5 Å². The first-order chi connectivity index (χ1) is 16.4. The summed E-state index contributed by atoms with van der Waals surface area (Å²) in [5.41, 5.74) is 0. The number of piperidine rings is 1. The van der Waals surface area contributed by atoms with Gasteiger partial charge >= 0.3 is 0 Å². The summed E-state index contributed by atoms with van der Waals surface area (Å²) in [6.07, 6.45) is 9.78. The maximum absolute atomic E-state index is 13.0. The van der Waals surface area contributed by atoms with E-state index in [1.54, 1.807) is 18.5 Å². The molecule has 10 heteroatoms. The van der Waals surface area contributed by atoms with Crippen LogP contribution in [0.25, 0.3) is 6.08 Å². The minimum Gasteiger partial charge on any atom is -0.495 e. The lowest BCUT2D eigenvalue weighted by atomic mass is 9.92. The van der Waals surface area contributed by atoms with E-state index >= 15 is 0 Å². The fourth-order valence-electron chi connectivity index (χ4n) is 4.41. The van der Waals surface area contributed by atoms with E-state index in [2.05, 4.69) is 15.3 Å². The number of aromatic nitrogens is 1. The lowest BCUT2D eigenvalue weighted by molar-refractivity contribution is -0.121. The van der Waals surface area contributed by atoms with Crippen LogP contribution in [-0.4, -0.2) is 56.4 Å². The van der Waals surface area contributed by atoms with Gasteiger partial charge in [0, 0.05) is 37.2 Å². The summed E-state index contributed by atoms with van der Waals surface area (Å²) in [5, 5.41) is 4.95. The molecule has 0 spiro atoms. The number of fused-ring (bicyclic) bond motifs is 1. The molecule has 0 bridgehead atoms. The number of nitrogens with one attached hydrogen (secondary N) is 1. The Labute approximate surface area is 204 Å². The van der Waals surface area contributed by atoms with Crippen molar-refractivity contribution >= 4 is 33.6 Å². The first kappa shape index (κ1) is 24.6. The van der Waals surface area contributed by atoms with E-state index in [1.807, 2.05) is 12.1 Å². The Kier molecular flexibility index (Phi) is 7.85. The van der Waals surface area contributed by atoms with Crippen LogP contribution in [0.5, 0.6) is 5.75 Å². The number of carbonyl (C=O) groups excluding carboxylic acids is 1. The minimum absolute atomic E-state index is 0.0895. The summed E-state index contributed by atoms with van der Waals surface area (Å²) in [6, 6.07) is 5.89. The van der Waals surface area contributed by atoms with Gasteiger partial charge in [0.1, 0.15) is 11.8 Å². The molecule has 1 saturated heterocycles. The van der Waals surface area contributed by atoms with Crippen LogP contribution in [0.4, 0.5) is 0 Å². The van der Waals surface area contributed by atoms with Crippen LogP contribution >= 0.6 is 11.6 Å². The second-order valence-corrected chi connectivity index (χ2v) is 11.0. The molecule has 0 saturated carbocycles. The molecule has 1 aromatic heterocycles. The zero-order valence-corrected chi connectivity index (χ0v) is 20.7. The van der Waals surface area contributed by atoms with Gasteiger partial charge in [-0.15, -0.1) is 0 Å². The highest BCUT2D eigenvalue weighted by Crippen LogP contribution is 2.31. The first-order valence-corrected chi connectivity index (χ1v) is 13.3. The maximum Gasteiger partial charge on any atom is 0.248 e. The van der Waals surface area contributed by atoms with Gasteiger partial charge in [0.15, 0.2) is 0 Å². The van der Waals surface area contributed by atoms with Crippen molar-refractivity contribution in [2.24, 2.45) is 10.9 Å². The lowest BCUT2D eigenvalue weighted by Crippen LogP contribution is -2.38. The number of halogens is 1. The van der Waals surface area contributed by atoms with E-state index < -0.39 is 16.1 Å². The highest BCUT2D eigenvalue weighted by Gasteiger charge is 2.29. The number of carbonyl (C=O) groups is 1. The van der Waals surface area contributed by atoms with Crippen LogP contribution in [0.3, 0.4) is 0 Å². The largest absolute Gasteiger partial charge is 0.495 e. The molecule has 4 rings (SSSR count). The van der Waals surface area contributed by atoms with Gasteiger partial charge < -0.3 is 10.1 Å². The molecule has 1 amide bonds. The van der Waals surface area contributed by atoms with Crippen LogP contribution in [0, 0.1) is 5.92 Å². The normalized spacial score (nSPS) is 18.6. The molecule has 34 heavy (non-hydrogen) atoms. The molecule has 182 valence electrons. The molecule has 0 radical (unpaired) electrons. The Hall–Kier alpha value is -2.49. The average Bonchev–Trinajstić information content (AvgIpc) is 3.28. The van der Waals surface area contributed by atoms with E-state index in [0.717, 1.165) is 42.7 Å². The molecule has 1 atom stereocenters. The molecule has 1 unspecified atom stereocenters. The fourth-order valence-corrected chi connectivity index (χ4v) is 6.22. The summed E-state index contributed by atoms with van der Waals surface area (Å²) in [6.45, 7) is 1.61. The lowest BCUT2D eigenvalue weighted by Gasteiger charge is -2.31. The standard InChI is InChI=1S/C24H29ClN4O4S/c1-33-23-6-5-19(15-20(23)25)34(31,32)29-12-8-17(9-13-29)4-2-3-10-27-24(30)22-14-18-16-26-11-7-21(18)28-22/h5-7,11,14-17,22H,2-4,8-10,12-13H2,1H3,(H,27,30). The Balaban J connectivity index is 1.17. The Morgan fingerprint density at radius 1 is 1.24 bits per heavy atom. The van der Waals surface area contributed by atoms with Crippen molar-refractivity contribution in [3.8, 4) is 5.75 Å². The third kappa shape index (κ3) is 5.59. The number of unbranched alkanes of at least 4 members (excludes halogenated alkanes) is 1. The highest BCUT2D eigenvalue weighted by atomic mass is 35.5. The quantitative estimate of drug-likeness (QED) is 0.526. The average molecular weight is 505 g/mol. The van der Waals surface area contributed by atoms with E-state index in [4.69, 9.17) is 16.3 Å². The van der Waals surface area contributed by atoms with Crippen LogP contribution in [0.2, 0.25) is 5.02 Å². The molecule has 1 N–H and O–H groups in total. The molecule has 2 aliphatic rings. The van der Waals surface area contributed by atoms with Crippen molar-refractivity contribution in [1.29, 1.82) is 0 Å². The zero-order chi connectivity index (χ0) is 24.1. The van der Waals surface area contributed by atoms with Crippen molar-refractivity contribution in [2.45, 2.75) is 43.0 Å². The predicted octanol–water partition coefficient (Wildman–Crippen LogP) is 1.91. The van der Waals surface area contributed by atoms with Crippen LogP contribution in [-0.2, 0) is 14.8 Å². The Morgan fingerprint density at radius 3 is 2.74 bits per heavy atom. The Bertz CT molecular complexity index is 1220. The second-order valence-electron chi connectivity index (χ2n) is 8.61. The molecule has 3 heterocycles. The number of pyridine rings is 1. The molecule has 2 aliphatic heterocycles. The second kappa shape index (κ2) is 10.8. The number of benzene rings is 1. The van der Waals surface area contributed by atoms with E-state index in [-0.39, 0.29) is 15.8 Å². The van der Waals surface area contributed by atoms with E-state index in [0.29, 0.717) is 31.3 Å². The van der Waals surface area contributed by atoms with Crippen LogP contribution in [0.1, 0.15) is 32.1 Å². The van der Waals surface area contributed by atoms with Gasteiger partial charge in [0.25, 0.3) is 0 Å². The number of hydrogen-bond donors (Lipinski definition) is 1. The number of sulfonamides is 1. The summed E-state index contributed by atoms with van der Waals surface area (Å²) in [5.74, 6) is 0.851. The minimum atomic E-state index is -3.57. The van der Waals surface area contributed by atoms with E-state index in [1.165, 1.54) is 23.5 Å². The number of rotatable bonds is 9. The number of nitrogens with zero attached hydrogens (tertiary/aromatic N) is 3. The highest BCUT2D eigenvalue weighted by molar-refractivity contribution is 7.89. The van der Waals surface area contributed by atoms with Crippen molar-refractivity contribution < 1.29 is 17.9 Å². The SMILES string of the molecule is COc1ccc(S(=O)(=O)N2CCC(CCCCNC(=O)C3C=c4cnccc4=N3)CC2)cc1Cl. The van der Waals surface area contributed by atoms with E-state index in [9.17, 15) is 13.2 Å². The monoisotopic (exact) mass is 504 g/mol. The Morgan fingerprint density at radius 2 is 2.03 bits per heavy atom. The number of hydrogen-bond acceptors (Lipinski definition) is 6. The zero-order valence-electron chi connectivity index (χ0n) is 19.1. The van der Waals surface area contributed by atoms with Crippen molar-refractivity contribution in [3.05, 3.63) is 52.3 Å². The fraction of sp³-hybridized carbons (Fsp3) is 0.458. The molecule has 0 aliphatic carbocycles. The van der Waals surface area contributed by atoms with Gasteiger partial charge in [-0.2, -0.15) is 4.31 Å². The molecular weight excluding hydrogens is 476 g/mol. The number of amides is 1. The summed E-state index contributed by atoms with van der Waals surface area (Å²) in [4.78, 5) is 21.0. The molecular formula is C24H29ClN4O4S. The number of methoxy groups -OCH3 is 1. The topological polar surface area (TPSA) is 101 Å². The summed E-state index contributed by atoms with van der Waals surface area (Å²) < 4.78 is 32.6. The van der Waals surface area contributed by atoms with Gasteiger partial charge in [-0.3, -0.25) is 14.8 Å². The molecule has 2 aromatic rings. The van der Waals surface area contributed by atoms with Gasteiger partial charge in [0.05, 0.1) is 22.4 Å². The van der Waals surface area contributed by atoms with Gasteiger partial charge in [-0.05, 0) is 55.5 Å². The molecule has 8 nitrogen and oxygen atoms in total. The van der Waals surface area contributed by atoms with Crippen molar-refractivity contribution in [2.75, 3.05) is 26.7 Å². The summed E-state index contributed by atoms with van der Waals surface area (Å²) >= 11 is 6.11. The third-order valence-corrected chi connectivity index (χ3v) is 8.58. The molecule has 1 fully saturated rings. The van der Waals surface area contributed by atoms with Gasteiger partial charge in [0.2, 0.25) is 15.9 Å². The smallest absolute Gasteiger partial charge is 0.248 e. The molecule has 1 aromatic carbocycles. The van der Waals surface area contributed by atoms with Crippen molar-refractivity contribution in [3.63, 3.8) is 0 Å². The number of ether oxygens (including phenoxy) is 1. The van der Waals surface area contributed by atoms with Gasteiger partial charge in [-0.25, -0.2) is 8.42 Å². The summed E-state index contributed by atoms with van der Waals surface area (Å²) in [7, 11) is -2.07. The van der Waals surface area contributed by atoms with Gasteiger partial charge in [-0.1, -0.05) is 24.4 Å².